The van der Waals surface area contributed by atoms with Crippen LogP contribution in [0.25, 0.3) is 10.9 Å². The van der Waals surface area contributed by atoms with Crippen molar-refractivity contribution in [3.05, 3.63) is 42.1 Å². The molecule has 27 heavy (non-hydrogen) atoms. The molecule has 1 unspecified atom stereocenters. The first-order chi connectivity index (χ1) is 13.2. The molecule has 4 rings (SSSR count). The van der Waals surface area contributed by atoms with E-state index in [1.54, 1.807) is 0 Å². The number of pyridine rings is 1. The van der Waals surface area contributed by atoms with E-state index in [2.05, 4.69) is 21.3 Å². The van der Waals surface area contributed by atoms with Gasteiger partial charge in [0.05, 0.1) is 30.9 Å². The van der Waals surface area contributed by atoms with Crippen LogP contribution >= 0.6 is 0 Å². The zero-order valence-electron chi connectivity index (χ0n) is 15.5. The molecule has 0 bridgehead atoms. The van der Waals surface area contributed by atoms with Crippen molar-refractivity contribution in [1.29, 1.82) is 0 Å². The summed E-state index contributed by atoms with van der Waals surface area (Å²) in [4.78, 5) is 19.4. The first-order valence-electron chi connectivity index (χ1n) is 9.81. The molecule has 0 spiro atoms. The fourth-order valence-electron chi connectivity index (χ4n) is 3.96. The average Bonchev–Trinajstić information content (AvgIpc) is 2.69. The Bertz CT molecular complexity index is 785. The van der Waals surface area contributed by atoms with Crippen LogP contribution in [-0.4, -0.2) is 59.8 Å². The lowest BCUT2D eigenvalue weighted by Crippen LogP contribution is -2.43. The normalized spacial score (nSPS) is 24.3. The lowest BCUT2D eigenvalue weighted by atomic mass is 9.75. The third-order valence-corrected chi connectivity index (χ3v) is 5.67. The monoisotopic (exact) mass is 369 g/mol. The van der Waals surface area contributed by atoms with Gasteiger partial charge in [0.15, 0.2) is 0 Å². The van der Waals surface area contributed by atoms with Gasteiger partial charge in [-0.3, -0.25) is 14.7 Å². The molecule has 2 fully saturated rings. The van der Waals surface area contributed by atoms with E-state index >= 15 is 0 Å². The molecule has 1 aromatic carbocycles. The molecule has 1 saturated heterocycles. The van der Waals surface area contributed by atoms with E-state index in [0.717, 1.165) is 62.2 Å². The van der Waals surface area contributed by atoms with Crippen LogP contribution in [0.15, 0.2) is 36.5 Å². The highest BCUT2D eigenvalue weighted by Crippen LogP contribution is 2.38. The van der Waals surface area contributed by atoms with Crippen molar-refractivity contribution in [3.8, 4) is 0 Å². The smallest absolute Gasteiger partial charge is 0.221 e. The summed E-state index contributed by atoms with van der Waals surface area (Å²) in [5.74, 6) is 0.316. The first-order valence-corrected chi connectivity index (χ1v) is 9.81. The lowest BCUT2D eigenvalue weighted by Gasteiger charge is -2.38. The van der Waals surface area contributed by atoms with Crippen molar-refractivity contribution in [2.45, 2.75) is 31.4 Å². The van der Waals surface area contributed by atoms with Gasteiger partial charge in [-0.25, -0.2) is 0 Å². The van der Waals surface area contributed by atoms with Crippen LogP contribution in [0.5, 0.6) is 0 Å². The minimum atomic E-state index is -0.254. The molecule has 1 amide bonds. The van der Waals surface area contributed by atoms with Crippen LogP contribution in [-0.2, 0) is 9.53 Å². The summed E-state index contributed by atoms with van der Waals surface area (Å²) >= 11 is 0. The lowest BCUT2D eigenvalue weighted by molar-refractivity contribution is -0.123. The second-order valence-corrected chi connectivity index (χ2v) is 7.60. The van der Waals surface area contributed by atoms with Crippen LogP contribution in [0.3, 0.4) is 0 Å². The quantitative estimate of drug-likeness (QED) is 0.813. The molecule has 0 radical (unpaired) electrons. The van der Waals surface area contributed by atoms with Gasteiger partial charge in [-0.2, -0.15) is 0 Å². The summed E-state index contributed by atoms with van der Waals surface area (Å²) in [6.45, 7) is 4.02. The van der Waals surface area contributed by atoms with Crippen molar-refractivity contribution < 1.29 is 14.6 Å². The molecule has 2 heterocycles. The maximum Gasteiger partial charge on any atom is 0.221 e. The molecular formula is C21H27N3O3. The minimum Gasteiger partial charge on any atom is -0.393 e. The fraction of sp³-hybridized carbons (Fsp3) is 0.524. The van der Waals surface area contributed by atoms with Gasteiger partial charge in [0.25, 0.3) is 0 Å². The molecule has 2 aromatic rings. The Balaban J connectivity index is 1.44. The number of morpholine rings is 1. The first kappa shape index (κ1) is 18.3. The maximum atomic E-state index is 12.6. The van der Waals surface area contributed by atoms with Gasteiger partial charge in [-0.05, 0) is 36.5 Å². The number of para-hydroxylation sites is 1. The molecule has 1 aromatic heterocycles. The predicted octanol–water partition coefficient (Wildman–Crippen LogP) is 1.89. The van der Waals surface area contributed by atoms with E-state index in [0.29, 0.717) is 6.42 Å². The Kier molecular flexibility index (Phi) is 5.66. The van der Waals surface area contributed by atoms with Gasteiger partial charge < -0.3 is 15.2 Å². The number of nitrogens with one attached hydrogen (secondary N) is 1. The van der Waals surface area contributed by atoms with Gasteiger partial charge in [-0.15, -0.1) is 0 Å². The van der Waals surface area contributed by atoms with Gasteiger partial charge in [0, 0.05) is 37.6 Å². The topological polar surface area (TPSA) is 74.7 Å². The van der Waals surface area contributed by atoms with Gasteiger partial charge in [-0.1, -0.05) is 18.2 Å². The summed E-state index contributed by atoms with van der Waals surface area (Å²) in [5, 5.41) is 14.0. The van der Waals surface area contributed by atoms with Crippen LogP contribution in [0.2, 0.25) is 0 Å². The number of aliphatic hydroxyl groups excluding tert-OH is 1. The van der Waals surface area contributed by atoms with Crippen molar-refractivity contribution in [2.24, 2.45) is 5.92 Å². The largest absolute Gasteiger partial charge is 0.393 e. The fourth-order valence-corrected chi connectivity index (χ4v) is 3.96. The van der Waals surface area contributed by atoms with Crippen LogP contribution in [0.4, 0.5) is 0 Å². The Morgan fingerprint density at radius 1 is 1.30 bits per heavy atom. The highest BCUT2D eigenvalue weighted by molar-refractivity contribution is 5.80. The van der Waals surface area contributed by atoms with Crippen molar-refractivity contribution in [3.63, 3.8) is 0 Å². The number of hydrogen-bond donors (Lipinski definition) is 2. The van der Waals surface area contributed by atoms with E-state index < -0.39 is 0 Å². The van der Waals surface area contributed by atoms with Crippen molar-refractivity contribution >= 4 is 16.8 Å². The highest BCUT2D eigenvalue weighted by atomic mass is 16.5. The Morgan fingerprint density at radius 2 is 2.07 bits per heavy atom. The summed E-state index contributed by atoms with van der Waals surface area (Å²) in [6, 6.07) is 10.0. The van der Waals surface area contributed by atoms with Crippen LogP contribution < -0.4 is 5.32 Å². The van der Waals surface area contributed by atoms with Crippen LogP contribution in [0, 0.1) is 5.92 Å². The number of aliphatic hydroxyl groups is 1. The standard InChI is InChI=1S/C21H27N3O3/c25-18-12-16(13-18)21(17-11-15-3-1-2-4-19(15)22-14-17)23-20(26)5-6-24-7-9-27-10-8-24/h1-4,11,14,16,18,21,25H,5-10,12-13H2,(H,23,26). The van der Waals surface area contributed by atoms with E-state index in [1.165, 1.54) is 0 Å². The number of benzene rings is 1. The van der Waals surface area contributed by atoms with E-state index in [1.807, 2.05) is 30.5 Å². The summed E-state index contributed by atoms with van der Waals surface area (Å²) < 4.78 is 5.35. The molecule has 6 nitrogen and oxygen atoms in total. The summed E-state index contributed by atoms with van der Waals surface area (Å²) in [5.41, 5.74) is 1.97. The molecule has 1 aliphatic carbocycles. The number of ether oxygens (including phenoxy) is 1. The predicted molar refractivity (Wildman–Crippen MR) is 103 cm³/mol. The van der Waals surface area contributed by atoms with Gasteiger partial charge >= 0.3 is 0 Å². The zero-order chi connectivity index (χ0) is 18.6. The van der Waals surface area contributed by atoms with Gasteiger partial charge in [0.1, 0.15) is 0 Å². The van der Waals surface area contributed by atoms with Gasteiger partial charge in [0.2, 0.25) is 5.91 Å². The SMILES string of the molecule is O=C(CCN1CCOCC1)NC(c1cnc2ccccc2c1)C1CC(O)C1. The Labute approximate surface area is 159 Å². The second kappa shape index (κ2) is 8.33. The third kappa shape index (κ3) is 4.46. The van der Waals surface area contributed by atoms with E-state index in [4.69, 9.17) is 4.74 Å². The number of amides is 1. The maximum absolute atomic E-state index is 12.6. The molecule has 1 atom stereocenters. The number of hydrogen-bond acceptors (Lipinski definition) is 5. The molecular weight excluding hydrogens is 342 g/mol. The molecule has 1 aliphatic heterocycles. The minimum absolute atomic E-state index is 0.0565. The molecule has 6 heteroatoms. The number of nitrogens with zero attached hydrogens (tertiary/aromatic N) is 2. The number of aromatic nitrogens is 1. The second-order valence-electron chi connectivity index (χ2n) is 7.60. The highest BCUT2D eigenvalue weighted by Gasteiger charge is 2.35. The molecule has 2 N–H and O–H groups in total. The van der Waals surface area contributed by atoms with E-state index in [-0.39, 0.29) is 24.0 Å². The number of carbonyl (C=O) groups excluding carboxylic acids is 1. The Morgan fingerprint density at radius 3 is 2.85 bits per heavy atom. The third-order valence-electron chi connectivity index (χ3n) is 5.67. The summed E-state index contributed by atoms with van der Waals surface area (Å²) in [6.07, 6.45) is 3.53. The van der Waals surface area contributed by atoms with E-state index in [9.17, 15) is 9.90 Å². The average molecular weight is 369 g/mol. The van der Waals surface area contributed by atoms with Crippen LogP contribution in [0.1, 0.15) is 30.9 Å². The van der Waals surface area contributed by atoms with Crippen molar-refractivity contribution in [2.75, 3.05) is 32.8 Å². The molecule has 144 valence electrons. The number of fused-ring (bicyclic) bond motifs is 1. The number of carbonyl (C=O) groups is 1. The molecule has 1 saturated carbocycles. The number of rotatable bonds is 6. The summed E-state index contributed by atoms with van der Waals surface area (Å²) in [7, 11) is 0. The van der Waals surface area contributed by atoms with Crippen molar-refractivity contribution in [1.82, 2.24) is 15.2 Å². The Hall–Kier alpha value is -2.02. The zero-order valence-corrected chi connectivity index (χ0v) is 15.5. The molecule has 2 aliphatic rings.